The molecule has 0 saturated carbocycles. The Hall–Kier alpha value is -0.870. The number of ether oxygens (including phenoxy) is 1. The van der Waals surface area contributed by atoms with E-state index in [4.69, 9.17) is 4.74 Å². The molecule has 3 nitrogen and oxygen atoms in total. The number of halogens is 1. The number of carbonyl (C=O) groups is 1. The summed E-state index contributed by atoms with van der Waals surface area (Å²) in [6.45, 7) is 1.73. The van der Waals surface area contributed by atoms with E-state index in [1.54, 1.807) is 0 Å². The van der Waals surface area contributed by atoms with E-state index in [1.807, 2.05) is 18.2 Å². The minimum Gasteiger partial charge on any atom is -0.449 e. The molecule has 2 aliphatic heterocycles. The first-order chi connectivity index (χ1) is 7.71. The van der Waals surface area contributed by atoms with E-state index in [2.05, 4.69) is 21.2 Å². The van der Waals surface area contributed by atoms with Crippen LogP contribution in [-0.2, 0) is 10.3 Å². The summed E-state index contributed by atoms with van der Waals surface area (Å²) in [5, 5.41) is 3.30. The minimum absolute atomic E-state index is 0.194. The van der Waals surface area contributed by atoms with Crippen molar-refractivity contribution in [2.75, 3.05) is 13.1 Å². The molecule has 1 atom stereocenters. The third-order valence-electron chi connectivity index (χ3n) is 3.33. The number of nitrogens with one attached hydrogen (secondary N) is 1. The Morgan fingerprint density at radius 3 is 3.06 bits per heavy atom. The Labute approximate surface area is 102 Å². The van der Waals surface area contributed by atoms with Gasteiger partial charge in [-0.2, -0.15) is 0 Å². The van der Waals surface area contributed by atoms with Gasteiger partial charge in [-0.05, 0) is 31.5 Å². The van der Waals surface area contributed by atoms with Gasteiger partial charge in [-0.3, -0.25) is 0 Å². The largest absolute Gasteiger partial charge is 0.449 e. The number of benzene rings is 1. The van der Waals surface area contributed by atoms with Gasteiger partial charge >= 0.3 is 5.97 Å². The number of esters is 1. The lowest BCUT2D eigenvalue weighted by atomic mass is 9.86. The first-order valence-corrected chi connectivity index (χ1v) is 6.25. The lowest BCUT2D eigenvalue weighted by molar-refractivity contribution is -0.0203. The molecule has 0 radical (unpaired) electrons. The summed E-state index contributed by atoms with van der Waals surface area (Å²) in [4.78, 5) is 11.8. The maximum Gasteiger partial charge on any atom is 0.339 e. The number of hydrogen-bond donors (Lipinski definition) is 1. The molecular weight excluding hydrogens is 270 g/mol. The quantitative estimate of drug-likeness (QED) is 0.741. The summed E-state index contributed by atoms with van der Waals surface area (Å²) in [5.74, 6) is -0.194. The van der Waals surface area contributed by atoms with Crippen LogP contribution < -0.4 is 5.32 Å². The second kappa shape index (κ2) is 3.57. The van der Waals surface area contributed by atoms with E-state index in [9.17, 15) is 4.79 Å². The summed E-state index contributed by atoms with van der Waals surface area (Å²) in [5.41, 5.74) is 1.33. The van der Waals surface area contributed by atoms with Crippen molar-refractivity contribution in [3.63, 3.8) is 0 Å². The van der Waals surface area contributed by atoms with Crippen LogP contribution in [0.5, 0.6) is 0 Å². The van der Waals surface area contributed by atoms with Gasteiger partial charge in [0.15, 0.2) is 5.60 Å². The van der Waals surface area contributed by atoms with Crippen LogP contribution in [-0.4, -0.2) is 19.1 Å². The van der Waals surface area contributed by atoms with Crippen molar-refractivity contribution in [2.45, 2.75) is 18.4 Å². The summed E-state index contributed by atoms with van der Waals surface area (Å²) in [6, 6.07) is 5.81. The van der Waals surface area contributed by atoms with Crippen molar-refractivity contribution < 1.29 is 9.53 Å². The molecule has 0 amide bonds. The predicted octanol–water partition coefficient (Wildman–Crippen LogP) is 2.20. The summed E-state index contributed by atoms with van der Waals surface area (Å²) < 4.78 is 6.51. The minimum atomic E-state index is -0.411. The van der Waals surface area contributed by atoms with E-state index in [0.29, 0.717) is 5.56 Å². The molecule has 0 aliphatic carbocycles. The lowest BCUT2D eigenvalue weighted by Gasteiger charge is -2.33. The van der Waals surface area contributed by atoms with Crippen molar-refractivity contribution in [3.05, 3.63) is 33.8 Å². The van der Waals surface area contributed by atoms with Gasteiger partial charge in [-0.25, -0.2) is 4.79 Å². The van der Waals surface area contributed by atoms with E-state index in [1.165, 1.54) is 0 Å². The van der Waals surface area contributed by atoms with Gasteiger partial charge < -0.3 is 10.1 Å². The van der Waals surface area contributed by atoms with Gasteiger partial charge in [0, 0.05) is 16.6 Å². The van der Waals surface area contributed by atoms with Gasteiger partial charge in [0.05, 0.1) is 5.56 Å². The van der Waals surface area contributed by atoms with Gasteiger partial charge in [-0.1, -0.05) is 22.0 Å². The molecule has 1 spiro atoms. The number of carbonyl (C=O) groups excluding carboxylic acids is 1. The molecule has 4 heteroatoms. The Morgan fingerprint density at radius 1 is 1.44 bits per heavy atom. The predicted molar refractivity (Wildman–Crippen MR) is 63.3 cm³/mol. The van der Waals surface area contributed by atoms with Crippen molar-refractivity contribution >= 4 is 21.9 Å². The van der Waals surface area contributed by atoms with Crippen molar-refractivity contribution in [1.82, 2.24) is 5.32 Å². The molecule has 0 bridgehead atoms. The molecule has 0 aromatic heterocycles. The molecule has 2 heterocycles. The second-order valence-corrected chi connectivity index (χ2v) is 5.27. The molecule has 1 aromatic carbocycles. The third-order valence-corrected chi connectivity index (χ3v) is 3.82. The maximum absolute atomic E-state index is 11.8. The molecule has 1 unspecified atom stereocenters. The molecule has 1 aromatic rings. The fraction of sp³-hybridized carbons (Fsp3) is 0.417. The first-order valence-electron chi connectivity index (χ1n) is 5.45. The summed E-state index contributed by atoms with van der Waals surface area (Å²) in [6.07, 6.45) is 1.96. The molecule has 16 heavy (non-hydrogen) atoms. The van der Waals surface area contributed by atoms with Crippen LogP contribution in [0.15, 0.2) is 22.7 Å². The number of rotatable bonds is 0. The third kappa shape index (κ3) is 1.40. The van der Waals surface area contributed by atoms with Crippen LogP contribution in [0, 0.1) is 0 Å². The average Bonchev–Trinajstić information content (AvgIpc) is 2.53. The molecular formula is C12H12BrNO2. The molecule has 1 N–H and O–H groups in total. The summed E-state index contributed by atoms with van der Waals surface area (Å²) >= 11 is 3.38. The van der Waals surface area contributed by atoms with Crippen molar-refractivity contribution in [3.8, 4) is 0 Å². The summed E-state index contributed by atoms with van der Waals surface area (Å²) in [7, 11) is 0. The highest BCUT2D eigenvalue weighted by Crippen LogP contribution is 2.41. The molecule has 84 valence electrons. The van der Waals surface area contributed by atoms with Crippen molar-refractivity contribution in [1.29, 1.82) is 0 Å². The Balaban J connectivity index is 2.11. The fourth-order valence-corrected chi connectivity index (χ4v) is 2.93. The van der Waals surface area contributed by atoms with Crippen LogP contribution in [0.3, 0.4) is 0 Å². The molecule has 3 rings (SSSR count). The van der Waals surface area contributed by atoms with Gasteiger partial charge in [0.2, 0.25) is 0 Å². The van der Waals surface area contributed by atoms with Crippen LogP contribution >= 0.6 is 15.9 Å². The topological polar surface area (TPSA) is 38.3 Å². The maximum atomic E-state index is 11.8. The zero-order valence-electron chi connectivity index (χ0n) is 8.75. The SMILES string of the molecule is O=C1OC2(CCCNC2)c2ccc(Br)cc21. The first kappa shape index (κ1) is 10.3. The smallest absolute Gasteiger partial charge is 0.339 e. The highest BCUT2D eigenvalue weighted by molar-refractivity contribution is 9.10. The monoisotopic (exact) mass is 281 g/mol. The van der Waals surface area contributed by atoms with E-state index < -0.39 is 5.60 Å². The standard InChI is InChI=1S/C12H12BrNO2/c13-8-2-3-10-9(6-8)11(15)16-12(10)4-1-5-14-7-12/h2-3,6,14H,1,4-5,7H2. The Kier molecular flexibility index (Phi) is 2.30. The number of piperidine rings is 1. The zero-order chi connectivity index (χ0) is 11.2. The number of fused-ring (bicyclic) bond motifs is 2. The van der Waals surface area contributed by atoms with Crippen LogP contribution in [0.25, 0.3) is 0 Å². The van der Waals surface area contributed by atoms with Gasteiger partial charge in [0.25, 0.3) is 0 Å². The normalized spacial score (nSPS) is 27.9. The average molecular weight is 282 g/mol. The number of hydrogen-bond acceptors (Lipinski definition) is 3. The van der Waals surface area contributed by atoms with Crippen LogP contribution in [0.4, 0.5) is 0 Å². The second-order valence-electron chi connectivity index (χ2n) is 4.35. The van der Waals surface area contributed by atoms with Crippen LogP contribution in [0.2, 0.25) is 0 Å². The highest BCUT2D eigenvalue weighted by atomic mass is 79.9. The zero-order valence-corrected chi connectivity index (χ0v) is 10.3. The van der Waals surface area contributed by atoms with Gasteiger partial charge in [-0.15, -0.1) is 0 Å². The lowest BCUT2D eigenvalue weighted by Crippen LogP contribution is -2.43. The Bertz CT molecular complexity index is 452. The van der Waals surface area contributed by atoms with E-state index >= 15 is 0 Å². The van der Waals surface area contributed by atoms with Gasteiger partial charge in [0.1, 0.15) is 0 Å². The van der Waals surface area contributed by atoms with E-state index in [0.717, 1.165) is 36.0 Å². The molecule has 2 aliphatic rings. The van der Waals surface area contributed by atoms with E-state index in [-0.39, 0.29) is 5.97 Å². The molecule has 1 saturated heterocycles. The fourth-order valence-electron chi connectivity index (χ4n) is 2.56. The molecule has 1 fully saturated rings. The van der Waals surface area contributed by atoms with Crippen LogP contribution in [0.1, 0.15) is 28.8 Å². The van der Waals surface area contributed by atoms with Crippen molar-refractivity contribution in [2.24, 2.45) is 0 Å². The Morgan fingerprint density at radius 2 is 2.31 bits per heavy atom. The highest BCUT2D eigenvalue weighted by Gasteiger charge is 2.46.